The van der Waals surface area contributed by atoms with Gasteiger partial charge in [0, 0.05) is 56.0 Å². The van der Waals surface area contributed by atoms with Gasteiger partial charge in [0.15, 0.2) is 0 Å². The smallest absolute Gasteiger partial charge is 0.228 e. The summed E-state index contributed by atoms with van der Waals surface area (Å²) in [5.41, 5.74) is 2.36. The molecule has 0 spiro atoms. The molecule has 3 heterocycles. The average molecular weight is 412 g/mol. The number of hydrogen-bond acceptors (Lipinski definition) is 6. The lowest BCUT2D eigenvalue weighted by Crippen LogP contribution is -2.52. The largest absolute Gasteiger partial charge is 0.439 e. The number of hydrogen-bond donors (Lipinski definition) is 1. The molecule has 4 aromatic rings. The van der Waals surface area contributed by atoms with Crippen molar-refractivity contribution in [2.75, 3.05) is 24.5 Å². The second kappa shape index (κ2) is 8.97. The highest BCUT2D eigenvalue weighted by Crippen LogP contribution is 2.23. The van der Waals surface area contributed by atoms with Crippen molar-refractivity contribution < 1.29 is 4.74 Å². The van der Waals surface area contributed by atoms with Gasteiger partial charge in [-0.2, -0.15) is 4.98 Å². The molecule has 0 amide bonds. The SMILES string of the molecule is c1ccc(CC2CN(c3nccc(Oc4ccc(-n5ccnc5)cc4)n3)CCN2)cc1. The molecule has 0 bridgehead atoms. The molecule has 31 heavy (non-hydrogen) atoms. The van der Waals surface area contributed by atoms with Gasteiger partial charge in [0.05, 0.1) is 6.33 Å². The molecule has 0 saturated carbocycles. The van der Waals surface area contributed by atoms with E-state index < -0.39 is 0 Å². The number of benzene rings is 2. The zero-order chi connectivity index (χ0) is 20.9. The quantitative estimate of drug-likeness (QED) is 0.523. The number of nitrogens with one attached hydrogen (secondary N) is 1. The first-order chi connectivity index (χ1) is 15.3. The maximum Gasteiger partial charge on any atom is 0.228 e. The van der Waals surface area contributed by atoms with Crippen molar-refractivity contribution in [2.45, 2.75) is 12.5 Å². The van der Waals surface area contributed by atoms with E-state index in [1.54, 1.807) is 24.8 Å². The third-order valence-corrected chi connectivity index (χ3v) is 5.34. The predicted octanol–water partition coefficient (Wildman–Crippen LogP) is 3.48. The van der Waals surface area contributed by atoms with Gasteiger partial charge in [0.1, 0.15) is 5.75 Å². The zero-order valence-corrected chi connectivity index (χ0v) is 17.1. The molecular formula is C24H24N6O. The highest BCUT2D eigenvalue weighted by molar-refractivity contribution is 5.40. The fourth-order valence-electron chi connectivity index (χ4n) is 3.80. The normalized spacial score (nSPS) is 16.3. The summed E-state index contributed by atoms with van der Waals surface area (Å²) >= 11 is 0. The van der Waals surface area contributed by atoms with Crippen LogP contribution in [0.2, 0.25) is 0 Å². The Morgan fingerprint density at radius 1 is 1.00 bits per heavy atom. The first kappa shape index (κ1) is 19.3. The lowest BCUT2D eigenvalue weighted by Gasteiger charge is -2.33. The number of ether oxygens (including phenoxy) is 1. The van der Waals surface area contributed by atoms with Gasteiger partial charge < -0.3 is 19.5 Å². The first-order valence-corrected chi connectivity index (χ1v) is 10.4. The van der Waals surface area contributed by atoms with E-state index in [-0.39, 0.29) is 0 Å². The minimum Gasteiger partial charge on any atom is -0.439 e. The topological polar surface area (TPSA) is 68.1 Å². The van der Waals surface area contributed by atoms with Gasteiger partial charge in [-0.3, -0.25) is 0 Å². The maximum atomic E-state index is 5.99. The minimum atomic E-state index is 0.361. The van der Waals surface area contributed by atoms with Crippen molar-refractivity contribution in [1.82, 2.24) is 24.8 Å². The van der Waals surface area contributed by atoms with Crippen LogP contribution < -0.4 is 15.0 Å². The van der Waals surface area contributed by atoms with E-state index in [0.717, 1.165) is 37.5 Å². The van der Waals surface area contributed by atoms with Crippen LogP contribution in [0.25, 0.3) is 5.69 Å². The molecule has 156 valence electrons. The lowest BCUT2D eigenvalue weighted by molar-refractivity contribution is 0.440. The summed E-state index contributed by atoms with van der Waals surface area (Å²) in [6, 6.07) is 20.5. The van der Waals surface area contributed by atoms with Crippen LogP contribution in [-0.4, -0.2) is 45.2 Å². The van der Waals surface area contributed by atoms with Crippen molar-refractivity contribution in [3.63, 3.8) is 0 Å². The number of rotatable bonds is 6. The Balaban J connectivity index is 1.25. The van der Waals surface area contributed by atoms with Crippen molar-refractivity contribution >= 4 is 5.95 Å². The number of aromatic nitrogens is 4. The lowest BCUT2D eigenvalue weighted by atomic mass is 10.0. The van der Waals surface area contributed by atoms with Crippen LogP contribution in [0.4, 0.5) is 5.95 Å². The minimum absolute atomic E-state index is 0.361. The molecule has 1 aliphatic rings. The number of imidazole rings is 1. The summed E-state index contributed by atoms with van der Waals surface area (Å²) < 4.78 is 7.93. The van der Waals surface area contributed by atoms with E-state index in [4.69, 9.17) is 4.74 Å². The molecule has 1 fully saturated rings. The average Bonchev–Trinajstić information content (AvgIpc) is 3.36. The standard InChI is InChI=1S/C24H24N6O/c1-2-4-19(5-3-1)16-20-17-29(15-13-26-20)24-27-11-10-23(28-24)31-22-8-6-21(7-9-22)30-14-12-25-18-30/h1-12,14,18,20,26H,13,15-17H2. The third kappa shape index (κ3) is 4.73. The summed E-state index contributed by atoms with van der Waals surface area (Å²) in [6.07, 6.45) is 8.17. The van der Waals surface area contributed by atoms with E-state index in [1.165, 1.54) is 5.56 Å². The highest BCUT2D eigenvalue weighted by Gasteiger charge is 2.21. The molecule has 1 unspecified atom stereocenters. The Kier molecular flexibility index (Phi) is 5.58. The summed E-state index contributed by atoms with van der Waals surface area (Å²) in [7, 11) is 0. The summed E-state index contributed by atoms with van der Waals surface area (Å²) in [4.78, 5) is 15.4. The monoisotopic (exact) mass is 412 g/mol. The van der Waals surface area contributed by atoms with Crippen molar-refractivity contribution in [3.05, 3.63) is 91.1 Å². The van der Waals surface area contributed by atoms with Gasteiger partial charge in [-0.25, -0.2) is 9.97 Å². The Bertz CT molecular complexity index is 1100. The van der Waals surface area contributed by atoms with E-state index in [1.807, 2.05) is 35.0 Å². The predicted molar refractivity (Wildman–Crippen MR) is 120 cm³/mol. The Labute approximate surface area is 181 Å². The Morgan fingerprint density at radius 3 is 2.68 bits per heavy atom. The second-order valence-electron chi connectivity index (χ2n) is 7.55. The molecule has 1 N–H and O–H groups in total. The fourth-order valence-corrected chi connectivity index (χ4v) is 3.80. The third-order valence-electron chi connectivity index (χ3n) is 5.34. The number of anilines is 1. The van der Waals surface area contributed by atoms with Crippen molar-refractivity contribution in [3.8, 4) is 17.3 Å². The summed E-state index contributed by atoms with van der Waals surface area (Å²) in [5.74, 6) is 1.97. The van der Waals surface area contributed by atoms with Gasteiger partial charge in [0.25, 0.3) is 0 Å². The van der Waals surface area contributed by atoms with Crippen LogP contribution >= 0.6 is 0 Å². The highest BCUT2D eigenvalue weighted by atomic mass is 16.5. The van der Waals surface area contributed by atoms with E-state index in [9.17, 15) is 0 Å². The number of nitrogens with zero attached hydrogens (tertiary/aromatic N) is 5. The van der Waals surface area contributed by atoms with E-state index in [0.29, 0.717) is 17.9 Å². The molecule has 7 heteroatoms. The van der Waals surface area contributed by atoms with E-state index >= 15 is 0 Å². The molecule has 5 rings (SSSR count). The maximum absolute atomic E-state index is 5.99. The van der Waals surface area contributed by atoms with Gasteiger partial charge in [0.2, 0.25) is 11.8 Å². The fraction of sp³-hybridized carbons (Fsp3) is 0.208. The van der Waals surface area contributed by atoms with Crippen LogP contribution in [0.1, 0.15) is 5.56 Å². The molecular weight excluding hydrogens is 388 g/mol. The van der Waals surface area contributed by atoms with Gasteiger partial charge in [-0.1, -0.05) is 30.3 Å². The molecule has 1 atom stereocenters. The van der Waals surface area contributed by atoms with Crippen LogP contribution in [0.3, 0.4) is 0 Å². The van der Waals surface area contributed by atoms with Gasteiger partial charge >= 0.3 is 0 Å². The summed E-state index contributed by atoms with van der Waals surface area (Å²) in [6.45, 7) is 2.63. The van der Waals surface area contributed by atoms with Gasteiger partial charge in [-0.15, -0.1) is 0 Å². The molecule has 2 aromatic heterocycles. The molecule has 7 nitrogen and oxygen atoms in total. The van der Waals surface area contributed by atoms with E-state index in [2.05, 4.69) is 55.5 Å². The van der Waals surface area contributed by atoms with Crippen LogP contribution in [0.15, 0.2) is 85.6 Å². The van der Waals surface area contributed by atoms with Gasteiger partial charge in [-0.05, 0) is 36.2 Å². The molecule has 1 saturated heterocycles. The van der Waals surface area contributed by atoms with Crippen LogP contribution in [-0.2, 0) is 6.42 Å². The molecule has 1 aliphatic heterocycles. The van der Waals surface area contributed by atoms with Crippen LogP contribution in [0.5, 0.6) is 11.6 Å². The Hall–Kier alpha value is -3.71. The Morgan fingerprint density at radius 2 is 1.87 bits per heavy atom. The first-order valence-electron chi connectivity index (χ1n) is 10.4. The second-order valence-corrected chi connectivity index (χ2v) is 7.55. The summed E-state index contributed by atoms with van der Waals surface area (Å²) in [5, 5.41) is 3.60. The molecule has 0 radical (unpaired) electrons. The van der Waals surface area contributed by atoms with Crippen LogP contribution in [0, 0.1) is 0 Å². The van der Waals surface area contributed by atoms with Crippen molar-refractivity contribution in [2.24, 2.45) is 0 Å². The zero-order valence-electron chi connectivity index (χ0n) is 17.1. The van der Waals surface area contributed by atoms with Crippen molar-refractivity contribution in [1.29, 1.82) is 0 Å². The molecule has 0 aliphatic carbocycles. The number of piperazine rings is 1. The molecule has 2 aromatic carbocycles.